The monoisotopic (exact) mass is 444 g/mol. The van der Waals surface area contributed by atoms with E-state index in [2.05, 4.69) is 16.0 Å². The Bertz CT molecular complexity index is 1140. The van der Waals surface area contributed by atoms with Gasteiger partial charge in [0.1, 0.15) is 0 Å². The quantitative estimate of drug-likeness (QED) is 0.544. The van der Waals surface area contributed by atoms with Crippen LogP contribution in [0.4, 0.5) is 0 Å². The highest BCUT2D eigenvalue weighted by Gasteiger charge is 2.20. The summed E-state index contributed by atoms with van der Waals surface area (Å²) in [5.74, 6) is 1.82. The van der Waals surface area contributed by atoms with Gasteiger partial charge < -0.3 is 5.32 Å². The fraction of sp³-hybridized carbons (Fsp3) is 0.0952. The Morgan fingerprint density at radius 3 is 2.55 bits per heavy atom. The second kappa shape index (κ2) is 9.25. The van der Waals surface area contributed by atoms with Crippen molar-refractivity contribution < 1.29 is 13.2 Å². The SMILES string of the molecule is C#CCNS(=O)(=O)c1cccc(C(=O)NC(c2ccc(Cl)cc2)c2ccsc2)c1. The van der Waals surface area contributed by atoms with Gasteiger partial charge >= 0.3 is 0 Å². The molecule has 2 N–H and O–H groups in total. The zero-order chi connectivity index (χ0) is 20.9. The highest BCUT2D eigenvalue weighted by Crippen LogP contribution is 2.26. The Balaban J connectivity index is 1.88. The van der Waals surface area contributed by atoms with E-state index in [4.69, 9.17) is 18.0 Å². The minimum Gasteiger partial charge on any atom is -0.341 e. The molecule has 0 spiro atoms. The first-order valence-corrected chi connectivity index (χ1v) is 11.3. The van der Waals surface area contributed by atoms with Gasteiger partial charge in [0.25, 0.3) is 5.91 Å². The molecule has 0 aliphatic carbocycles. The van der Waals surface area contributed by atoms with Gasteiger partial charge in [0, 0.05) is 10.6 Å². The lowest BCUT2D eigenvalue weighted by Crippen LogP contribution is -2.29. The van der Waals surface area contributed by atoms with E-state index < -0.39 is 22.0 Å². The number of carbonyl (C=O) groups is 1. The summed E-state index contributed by atoms with van der Waals surface area (Å²) in [5.41, 5.74) is 2.01. The molecule has 1 amide bonds. The number of halogens is 1. The molecule has 0 saturated heterocycles. The largest absolute Gasteiger partial charge is 0.341 e. The van der Waals surface area contributed by atoms with Crippen molar-refractivity contribution in [1.29, 1.82) is 0 Å². The van der Waals surface area contributed by atoms with Gasteiger partial charge in [-0.3, -0.25) is 4.79 Å². The summed E-state index contributed by atoms with van der Waals surface area (Å²) in [6.45, 7) is -0.129. The summed E-state index contributed by atoms with van der Waals surface area (Å²) < 4.78 is 26.8. The van der Waals surface area contributed by atoms with Gasteiger partial charge in [0.2, 0.25) is 10.0 Å². The van der Waals surface area contributed by atoms with Gasteiger partial charge in [-0.1, -0.05) is 35.7 Å². The first-order valence-electron chi connectivity index (χ1n) is 8.52. The third kappa shape index (κ3) is 5.25. The van der Waals surface area contributed by atoms with Crippen LogP contribution >= 0.6 is 22.9 Å². The van der Waals surface area contributed by atoms with E-state index in [0.29, 0.717) is 5.02 Å². The first kappa shape index (κ1) is 21.1. The molecule has 0 bridgehead atoms. The molecule has 3 rings (SSSR count). The second-order valence-corrected chi connectivity index (χ2v) is 9.05. The number of sulfonamides is 1. The Morgan fingerprint density at radius 2 is 1.90 bits per heavy atom. The number of nitrogens with one attached hydrogen (secondary N) is 2. The summed E-state index contributed by atoms with van der Waals surface area (Å²) in [4.78, 5) is 12.9. The number of benzene rings is 2. The minimum atomic E-state index is -3.79. The number of terminal acetylenes is 1. The summed E-state index contributed by atoms with van der Waals surface area (Å²) in [6.07, 6.45) is 5.11. The first-order chi connectivity index (χ1) is 13.9. The smallest absolute Gasteiger partial charge is 0.252 e. The highest BCUT2D eigenvalue weighted by molar-refractivity contribution is 7.89. The Kier molecular flexibility index (Phi) is 6.72. The van der Waals surface area contributed by atoms with Crippen molar-refractivity contribution in [2.75, 3.05) is 6.54 Å². The normalized spacial score (nSPS) is 12.1. The average Bonchev–Trinajstić information content (AvgIpc) is 3.26. The molecule has 148 valence electrons. The van der Waals surface area contributed by atoms with E-state index in [9.17, 15) is 13.2 Å². The number of amides is 1. The highest BCUT2D eigenvalue weighted by atomic mass is 35.5. The fourth-order valence-corrected chi connectivity index (χ4v) is 4.48. The zero-order valence-corrected chi connectivity index (χ0v) is 17.5. The van der Waals surface area contributed by atoms with E-state index in [1.54, 1.807) is 18.2 Å². The van der Waals surface area contributed by atoms with Crippen molar-refractivity contribution >= 4 is 38.9 Å². The van der Waals surface area contributed by atoms with Gasteiger partial charge in [0.05, 0.1) is 17.5 Å². The third-order valence-corrected chi connectivity index (χ3v) is 6.48. The molecule has 0 radical (unpaired) electrons. The molecule has 29 heavy (non-hydrogen) atoms. The molecule has 1 unspecified atom stereocenters. The summed E-state index contributed by atoms with van der Waals surface area (Å²) >= 11 is 7.50. The van der Waals surface area contributed by atoms with Crippen LogP contribution in [0.15, 0.2) is 70.3 Å². The molecule has 2 aromatic carbocycles. The molecule has 8 heteroatoms. The van der Waals surface area contributed by atoms with Crippen LogP contribution in [0, 0.1) is 12.3 Å². The van der Waals surface area contributed by atoms with Gasteiger partial charge in [-0.05, 0) is 58.3 Å². The number of carbonyl (C=O) groups excluding carboxylic acids is 1. The number of thiophene rings is 1. The summed E-state index contributed by atoms with van der Waals surface area (Å²) in [6, 6.07) is 14.5. The number of hydrogen-bond acceptors (Lipinski definition) is 4. The lowest BCUT2D eigenvalue weighted by molar-refractivity contribution is 0.0943. The van der Waals surface area contributed by atoms with Crippen LogP contribution in [0.25, 0.3) is 0 Å². The van der Waals surface area contributed by atoms with Crippen molar-refractivity contribution in [3.05, 3.63) is 87.1 Å². The second-order valence-electron chi connectivity index (χ2n) is 6.07. The van der Waals surface area contributed by atoms with Crippen molar-refractivity contribution in [2.24, 2.45) is 0 Å². The lowest BCUT2D eigenvalue weighted by atomic mass is 10.0. The molecular weight excluding hydrogens is 428 g/mol. The van der Waals surface area contributed by atoms with Crippen LogP contribution in [0.3, 0.4) is 0 Å². The molecule has 0 fully saturated rings. The molecule has 1 heterocycles. The van der Waals surface area contributed by atoms with E-state index in [1.807, 2.05) is 29.0 Å². The Labute approximate surface area is 178 Å². The van der Waals surface area contributed by atoms with Gasteiger partial charge in [-0.15, -0.1) is 6.42 Å². The van der Waals surface area contributed by atoms with E-state index in [1.165, 1.54) is 29.5 Å². The van der Waals surface area contributed by atoms with Crippen LogP contribution in [-0.2, 0) is 10.0 Å². The third-order valence-electron chi connectivity index (χ3n) is 4.13. The minimum absolute atomic E-state index is 0.0287. The van der Waals surface area contributed by atoms with Gasteiger partial charge in [-0.2, -0.15) is 16.1 Å². The molecular formula is C21H17ClN2O3S2. The van der Waals surface area contributed by atoms with E-state index >= 15 is 0 Å². The van der Waals surface area contributed by atoms with Crippen LogP contribution in [0.5, 0.6) is 0 Å². The van der Waals surface area contributed by atoms with Crippen LogP contribution in [0.2, 0.25) is 5.02 Å². The van der Waals surface area contributed by atoms with Crippen molar-refractivity contribution in [3.63, 3.8) is 0 Å². The summed E-state index contributed by atoms with van der Waals surface area (Å²) in [7, 11) is -3.79. The lowest BCUT2D eigenvalue weighted by Gasteiger charge is -2.19. The number of hydrogen-bond donors (Lipinski definition) is 2. The van der Waals surface area contributed by atoms with Crippen molar-refractivity contribution in [1.82, 2.24) is 10.0 Å². The maximum absolute atomic E-state index is 12.9. The maximum Gasteiger partial charge on any atom is 0.252 e. The van der Waals surface area contributed by atoms with Gasteiger partial charge in [-0.25, -0.2) is 8.42 Å². The molecule has 3 aromatic rings. The molecule has 0 aliphatic heterocycles. The van der Waals surface area contributed by atoms with Crippen LogP contribution < -0.4 is 10.0 Å². The van der Waals surface area contributed by atoms with E-state index in [0.717, 1.165) is 11.1 Å². The standard InChI is InChI=1S/C21H17ClN2O3S2/c1-2-11-23-29(26,27)19-5-3-4-16(13-19)21(25)24-20(17-10-12-28-14-17)15-6-8-18(22)9-7-15/h1,3-10,12-14,20,23H,11H2,(H,24,25). The van der Waals surface area contributed by atoms with Gasteiger partial charge in [0.15, 0.2) is 0 Å². The maximum atomic E-state index is 12.9. The fourth-order valence-electron chi connectivity index (χ4n) is 2.69. The molecule has 1 aromatic heterocycles. The van der Waals surface area contributed by atoms with Crippen molar-refractivity contribution in [3.8, 4) is 12.3 Å². The topological polar surface area (TPSA) is 75.3 Å². The van der Waals surface area contributed by atoms with E-state index in [-0.39, 0.29) is 17.0 Å². The number of rotatable bonds is 7. The molecule has 0 aliphatic rings. The van der Waals surface area contributed by atoms with Crippen LogP contribution in [-0.4, -0.2) is 20.9 Å². The molecule has 5 nitrogen and oxygen atoms in total. The predicted molar refractivity (Wildman–Crippen MR) is 116 cm³/mol. The summed E-state index contributed by atoms with van der Waals surface area (Å²) in [5, 5.41) is 7.44. The Hall–Kier alpha value is -2.63. The van der Waals surface area contributed by atoms with Crippen LogP contribution in [0.1, 0.15) is 27.5 Å². The zero-order valence-electron chi connectivity index (χ0n) is 15.1. The average molecular weight is 445 g/mol. The predicted octanol–water partition coefficient (Wildman–Crippen LogP) is 3.83. The molecule has 0 saturated carbocycles. The molecule has 1 atom stereocenters. The van der Waals surface area contributed by atoms with Crippen molar-refractivity contribution in [2.45, 2.75) is 10.9 Å². The Morgan fingerprint density at radius 1 is 1.14 bits per heavy atom.